The van der Waals surface area contributed by atoms with Crippen LogP contribution in [-0.4, -0.2) is 31.1 Å². The summed E-state index contributed by atoms with van der Waals surface area (Å²) in [4.78, 5) is 23.8. The molecule has 34 heavy (non-hydrogen) atoms. The van der Waals surface area contributed by atoms with Gasteiger partial charge in [0.15, 0.2) is 0 Å². The summed E-state index contributed by atoms with van der Waals surface area (Å²) in [7, 11) is -2.82. The highest BCUT2D eigenvalue weighted by atomic mass is 32.2. The number of aromatic hydroxyl groups is 1. The van der Waals surface area contributed by atoms with Gasteiger partial charge < -0.3 is 19.7 Å². The number of carbonyl (C=O) groups excluding carboxylic acids is 1. The summed E-state index contributed by atoms with van der Waals surface area (Å²) in [6.07, 6.45) is -4.23. The molecule has 3 aromatic rings. The molecule has 0 saturated heterocycles. The van der Waals surface area contributed by atoms with Crippen molar-refractivity contribution in [2.75, 3.05) is 17.1 Å². The molecule has 0 fully saturated rings. The first kappa shape index (κ1) is 24.6. The topological polar surface area (TPSA) is 127 Å². The van der Waals surface area contributed by atoms with E-state index in [1.54, 1.807) is 12.1 Å². The highest BCUT2D eigenvalue weighted by Crippen LogP contribution is 2.30. The number of aromatic nitrogens is 1. The van der Waals surface area contributed by atoms with E-state index in [1.165, 1.54) is 19.2 Å². The molecule has 0 spiro atoms. The van der Waals surface area contributed by atoms with Gasteiger partial charge >= 0.3 is 6.18 Å². The third kappa shape index (κ3) is 5.67. The van der Waals surface area contributed by atoms with Gasteiger partial charge in [-0.2, -0.15) is 13.2 Å². The third-order valence-corrected chi connectivity index (χ3v) is 5.89. The number of pyridine rings is 1. The number of anilines is 2. The number of phenols is 1. The van der Waals surface area contributed by atoms with E-state index >= 15 is 0 Å². The molecule has 0 unspecified atom stereocenters. The summed E-state index contributed by atoms with van der Waals surface area (Å²) >= 11 is 0. The first-order valence-electron chi connectivity index (χ1n) is 9.47. The highest BCUT2D eigenvalue weighted by molar-refractivity contribution is 7.92. The molecule has 1 heterocycles. The van der Waals surface area contributed by atoms with Crippen molar-refractivity contribution >= 4 is 27.3 Å². The molecule has 0 aliphatic heterocycles. The number of phenolic OH excluding ortho intramolecular Hbond substituents is 1. The summed E-state index contributed by atoms with van der Waals surface area (Å²) in [6.45, 7) is -0.807. The SMILES string of the molecule is COc1ccccc1NS(=O)(=O)c1ccc(O)c(NC(=O)Cn2cc(C(F)(F)F)ccc2=O)c1. The van der Waals surface area contributed by atoms with Gasteiger partial charge in [0.05, 0.1) is 28.9 Å². The number of methoxy groups -OCH3 is 1. The van der Waals surface area contributed by atoms with Gasteiger partial charge in [-0.1, -0.05) is 12.1 Å². The van der Waals surface area contributed by atoms with Crippen LogP contribution in [0.15, 0.2) is 70.5 Å². The van der Waals surface area contributed by atoms with Gasteiger partial charge in [-0.05, 0) is 36.4 Å². The quantitative estimate of drug-likeness (QED) is 0.431. The zero-order valence-corrected chi connectivity index (χ0v) is 18.3. The molecule has 13 heteroatoms. The third-order valence-electron chi connectivity index (χ3n) is 4.53. The number of nitrogens with zero attached hydrogens (tertiary/aromatic N) is 1. The van der Waals surface area contributed by atoms with E-state index < -0.39 is 45.5 Å². The Balaban J connectivity index is 1.83. The van der Waals surface area contributed by atoms with Gasteiger partial charge in [-0.15, -0.1) is 0 Å². The Hall–Kier alpha value is -4.00. The fourth-order valence-corrected chi connectivity index (χ4v) is 3.98. The Morgan fingerprint density at radius 1 is 1.09 bits per heavy atom. The molecule has 0 aliphatic carbocycles. The molecular formula is C21H18F3N3O6S. The first-order chi connectivity index (χ1) is 15.9. The van der Waals surface area contributed by atoms with Gasteiger partial charge in [0, 0.05) is 12.3 Å². The molecule has 3 rings (SSSR count). The minimum atomic E-state index is -4.72. The van der Waals surface area contributed by atoms with Crippen molar-refractivity contribution in [1.82, 2.24) is 4.57 Å². The number of halogens is 3. The van der Waals surface area contributed by atoms with Crippen molar-refractivity contribution in [3.05, 3.63) is 76.7 Å². The lowest BCUT2D eigenvalue weighted by Gasteiger charge is -2.14. The molecule has 0 saturated carbocycles. The lowest BCUT2D eigenvalue weighted by molar-refractivity contribution is -0.138. The molecule has 0 bridgehead atoms. The number of benzene rings is 2. The maximum absolute atomic E-state index is 12.9. The fraction of sp³-hybridized carbons (Fsp3) is 0.143. The summed E-state index contributed by atoms with van der Waals surface area (Å²) in [6, 6.07) is 10.5. The molecule has 0 atom stereocenters. The number of carbonyl (C=O) groups is 1. The van der Waals surface area contributed by atoms with Crippen LogP contribution < -0.4 is 20.3 Å². The van der Waals surface area contributed by atoms with Crippen LogP contribution in [-0.2, 0) is 27.5 Å². The van der Waals surface area contributed by atoms with E-state index in [2.05, 4.69) is 10.0 Å². The predicted octanol–water partition coefficient (Wildman–Crippen LogP) is 3.02. The van der Waals surface area contributed by atoms with Crippen molar-refractivity contribution < 1.29 is 36.2 Å². The first-order valence-corrected chi connectivity index (χ1v) is 11.0. The number of hydrogen-bond donors (Lipinski definition) is 3. The zero-order chi connectivity index (χ0) is 25.1. The number of rotatable bonds is 7. The average molecular weight is 497 g/mol. The second-order valence-corrected chi connectivity index (χ2v) is 8.60. The van der Waals surface area contributed by atoms with Crippen LogP contribution in [0, 0.1) is 0 Å². The molecule has 0 radical (unpaired) electrons. The van der Waals surface area contributed by atoms with Crippen LogP contribution >= 0.6 is 0 Å². The monoisotopic (exact) mass is 497 g/mol. The molecule has 0 aliphatic rings. The fourth-order valence-electron chi connectivity index (χ4n) is 2.88. The van der Waals surface area contributed by atoms with Crippen molar-refractivity contribution in [3.63, 3.8) is 0 Å². The lowest BCUT2D eigenvalue weighted by atomic mass is 10.2. The molecule has 180 valence electrons. The highest BCUT2D eigenvalue weighted by Gasteiger charge is 2.31. The van der Waals surface area contributed by atoms with Gasteiger partial charge in [0.2, 0.25) is 5.91 Å². The van der Waals surface area contributed by atoms with Crippen molar-refractivity contribution in [3.8, 4) is 11.5 Å². The van der Waals surface area contributed by atoms with Crippen LogP contribution in [0.25, 0.3) is 0 Å². The Bertz CT molecular complexity index is 1390. The zero-order valence-electron chi connectivity index (χ0n) is 17.5. The van der Waals surface area contributed by atoms with Crippen LogP contribution in [0.2, 0.25) is 0 Å². The van der Waals surface area contributed by atoms with Gasteiger partial charge in [-0.25, -0.2) is 8.42 Å². The lowest BCUT2D eigenvalue weighted by Crippen LogP contribution is -2.28. The molecule has 1 aromatic heterocycles. The Morgan fingerprint density at radius 3 is 2.47 bits per heavy atom. The number of sulfonamides is 1. The summed E-state index contributed by atoms with van der Waals surface area (Å²) in [5.41, 5.74) is -2.16. The van der Waals surface area contributed by atoms with Crippen LogP contribution in [0.4, 0.5) is 24.5 Å². The summed E-state index contributed by atoms with van der Waals surface area (Å²) < 4.78 is 72.1. The smallest absolute Gasteiger partial charge is 0.417 e. The van der Waals surface area contributed by atoms with E-state index in [0.29, 0.717) is 22.9 Å². The Labute approximate surface area is 191 Å². The molecule has 9 nitrogen and oxygen atoms in total. The molecule has 2 aromatic carbocycles. The molecule has 1 amide bonds. The van der Waals surface area contributed by atoms with Crippen LogP contribution in [0.1, 0.15) is 5.56 Å². The van der Waals surface area contributed by atoms with E-state index in [9.17, 15) is 36.3 Å². The largest absolute Gasteiger partial charge is 0.506 e. The molecular weight excluding hydrogens is 479 g/mol. The number of alkyl halides is 3. The second-order valence-electron chi connectivity index (χ2n) is 6.91. The van der Waals surface area contributed by atoms with Crippen molar-refractivity contribution in [1.29, 1.82) is 0 Å². The number of nitrogens with one attached hydrogen (secondary N) is 2. The maximum atomic E-state index is 12.9. The van der Waals surface area contributed by atoms with Crippen molar-refractivity contribution in [2.45, 2.75) is 17.6 Å². The van der Waals surface area contributed by atoms with Crippen LogP contribution in [0.3, 0.4) is 0 Å². The van der Waals surface area contributed by atoms with E-state index in [0.717, 1.165) is 18.2 Å². The second kappa shape index (κ2) is 9.47. The number of amides is 1. The number of hydrogen-bond acceptors (Lipinski definition) is 6. The number of ether oxygens (including phenoxy) is 1. The number of para-hydroxylation sites is 2. The van der Waals surface area contributed by atoms with Crippen LogP contribution in [0.5, 0.6) is 11.5 Å². The van der Waals surface area contributed by atoms with Gasteiger partial charge in [0.1, 0.15) is 18.0 Å². The maximum Gasteiger partial charge on any atom is 0.417 e. The van der Waals surface area contributed by atoms with Gasteiger partial charge in [0.25, 0.3) is 15.6 Å². The Kier molecular flexibility index (Phi) is 6.86. The Morgan fingerprint density at radius 2 is 1.79 bits per heavy atom. The van der Waals surface area contributed by atoms with E-state index in [1.807, 2.05) is 0 Å². The standard InChI is InChI=1S/C21H18F3N3O6S/c1-33-18-5-3-2-4-15(18)26-34(31,32)14-7-8-17(28)16(10-14)25-19(29)12-27-11-13(21(22,23)24)6-9-20(27)30/h2-11,26,28H,12H2,1H3,(H,25,29). The van der Waals surface area contributed by atoms with Crippen molar-refractivity contribution in [2.24, 2.45) is 0 Å². The normalized spacial score (nSPS) is 11.6. The van der Waals surface area contributed by atoms with E-state index in [-0.39, 0.29) is 22.0 Å². The summed E-state index contributed by atoms with van der Waals surface area (Å²) in [5, 5.41) is 12.2. The summed E-state index contributed by atoms with van der Waals surface area (Å²) in [5.74, 6) is -1.21. The van der Waals surface area contributed by atoms with E-state index in [4.69, 9.17) is 4.74 Å². The minimum absolute atomic E-state index is 0.146. The predicted molar refractivity (Wildman–Crippen MR) is 116 cm³/mol. The minimum Gasteiger partial charge on any atom is -0.506 e. The van der Waals surface area contributed by atoms with Gasteiger partial charge in [-0.3, -0.25) is 14.3 Å². The molecule has 3 N–H and O–H groups in total. The average Bonchev–Trinajstić information content (AvgIpc) is 2.76.